The van der Waals surface area contributed by atoms with Gasteiger partial charge in [-0.3, -0.25) is 0 Å². The lowest BCUT2D eigenvalue weighted by molar-refractivity contribution is 1.24. The average molecular weight is 465 g/mol. The molecule has 0 fully saturated rings. The molecule has 0 saturated heterocycles. The van der Waals surface area contributed by atoms with Crippen LogP contribution in [0.25, 0.3) is 0 Å². The number of thiol groups is 1. The third-order valence-corrected chi connectivity index (χ3v) is 12.1. The molecule has 0 radical (unpaired) electrons. The fraction of sp³-hybridized carbons (Fsp3) is 0.357. The summed E-state index contributed by atoms with van der Waals surface area (Å²) in [5.41, 5.74) is 0. The maximum absolute atomic E-state index is 8.74. The van der Waals surface area contributed by atoms with Gasteiger partial charge in [-0.2, -0.15) is 23.2 Å². The van der Waals surface area contributed by atoms with E-state index >= 15 is 0 Å². The van der Waals surface area contributed by atoms with Crippen LogP contribution in [0.4, 0.5) is 0 Å². The molecule has 0 aromatic heterocycles. The fourth-order valence-electron chi connectivity index (χ4n) is 1.53. The Labute approximate surface area is 178 Å². The van der Waals surface area contributed by atoms with Crippen LogP contribution in [0.1, 0.15) is 12.8 Å². The number of allylic oxidation sites excluding steroid dienone is 1. The number of nitrogens with zero attached hydrogens (tertiary/aromatic N) is 2. The van der Waals surface area contributed by atoms with Gasteiger partial charge in [-0.25, -0.2) is 0 Å². The Kier molecular flexibility index (Phi) is 10.0. The van der Waals surface area contributed by atoms with Gasteiger partial charge < -0.3 is 0 Å². The van der Waals surface area contributed by atoms with Crippen molar-refractivity contribution in [2.75, 3.05) is 17.3 Å². The largest absolute Gasteiger partial charge is 0.198 e. The number of nitriles is 2. The van der Waals surface area contributed by atoms with Crippen LogP contribution in [-0.2, 0) is 0 Å². The summed E-state index contributed by atoms with van der Waals surface area (Å²) in [6, 6.07) is 4.38. The van der Waals surface area contributed by atoms with E-state index < -0.39 is 0 Å². The Morgan fingerprint density at radius 3 is 1.92 bits per heavy atom. The lowest BCUT2D eigenvalue weighted by Crippen LogP contribution is -1.79. The number of thiocarbonyl (C=S) groups is 1. The van der Waals surface area contributed by atoms with E-state index in [0.29, 0.717) is 18.6 Å². The van der Waals surface area contributed by atoms with E-state index in [-0.39, 0.29) is 0 Å². The second kappa shape index (κ2) is 11.5. The molecule has 0 atom stereocenters. The Hall–Kier alpha value is 0.740. The summed E-state index contributed by atoms with van der Waals surface area (Å²) in [6.45, 7) is 0. The van der Waals surface area contributed by atoms with Gasteiger partial charge in [0.15, 0.2) is 0 Å². The van der Waals surface area contributed by atoms with Crippen LogP contribution in [0.2, 0.25) is 0 Å². The number of hydrogen-bond donors (Lipinski definition) is 1. The normalized spacial score (nSPS) is 17.5. The maximum atomic E-state index is 8.74. The molecule has 2 nitrogen and oxygen atoms in total. The predicted molar refractivity (Wildman–Crippen MR) is 124 cm³/mol. The summed E-state index contributed by atoms with van der Waals surface area (Å²) in [5, 5.41) is 19.2. The molecule has 2 aliphatic rings. The molecular formula is C14H12N2S8. The molecule has 0 N–H and O–H groups in total. The third-order valence-electron chi connectivity index (χ3n) is 2.54. The smallest absolute Gasteiger partial charge is 0.0717 e. The Balaban J connectivity index is 2.09. The molecule has 2 rings (SSSR count). The van der Waals surface area contributed by atoms with Gasteiger partial charge in [0, 0.05) is 45.3 Å². The zero-order chi connectivity index (χ0) is 17.4. The summed E-state index contributed by atoms with van der Waals surface area (Å²) in [4.78, 5) is 2.34. The Bertz CT molecular complexity index is 646. The SMILES string of the molecule is N#CCCSC1=C(SCCC#N)SC(=C2SC(C=S)=C(CS)S2)S1. The van der Waals surface area contributed by atoms with Crippen LogP contribution >= 0.6 is 95.4 Å². The zero-order valence-electron chi connectivity index (χ0n) is 12.3. The first-order valence-electron chi connectivity index (χ1n) is 6.72. The molecule has 126 valence electrons. The van der Waals surface area contributed by atoms with Crippen molar-refractivity contribution in [1.82, 2.24) is 0 Å². The van der Waals surface area contributed by atoms with Crippen molar-refractivity contribution < 1.29 is 0 Å². The average Bonchev–Trinajstić information content (AvgIpc) is 3.19. The second-order valence-corrected chi connectivity index (χ2v) is 12.1. The molecular weight excluding hydrogens is 453 g/mol. The van der Waals surface area contributed by atoms with Gasteiger partial charge in [0.25, 0.3) is 0 Å². The van der Waals surface area contributed by atoms with Crippen LogP contribution < -0.4 is 0 Å². The number of rotatable bonds is 8. The molecule has 0 aromatic rings. The molecule has 0 aromatic carbocycles. The topological polar surface area (TPSA) is 47.6 Å². The van der Waals surface area contributed by atoms with Crippen LogP contribution in [0.5, 0.6) is 0 Å². The van der Waals surface area contributed by atoms with Crippen molar-refractivity contribution in [2.24, 2.45) is 0 Å². The summed E-state index contributed by atoms with van der Waals surface area (Å²) in [6.07, 6.45) is 1.09. The summed E-state index contributed by atoms with van der Waals surface area (Å²) < 4.78 is 5.05. The molecule has 0 aliphatic carbocycles. The van der Waals surface area contributed by atoms with Gasteiger partial charge in [0.1, 0.15) is 0 Å². The van der Waals surface area contributed by atoms with Gasteiger partial charge in [0.2, 0.25) is 0 Å². The molecule has 0 bridgehead atoms. The van der Waals surface area contributed by atoms with Crippen molar-refractivity contribution in [2.45, 2.75) is 12.8 Å². The lowest BCUT2D eigenvalue weighted by Gasteiger charge is -2.02. The van der Waals surface area contributed by atoms with Gasteiger partial charge in [-0.1, -0.05) is 59.3 Å². The minimum atomic E-state index is 0.547. The van der Waals surface area contributed by atoms with Gasteiger partial charge in [-0.05, 0) is 0 Å². The van der Waals surface area contributed by atoms with Gasteiger partial charge in [-0.15, -0.1) is 23.5 Å². The molecule has 2 heterocycles. The van der Waals surface area contributed by atoms with Gasteiger partial charge in [0.05, 0.1) is 29.1 Å². The molecule has 2 aliphatic heterocycles. The number of hydrogen-bond acceptors (Lipinski definition) is 10. The highest BCUT2D eigenvalue weighted by atomic mass is 32.3. The predicted octanol–water partition coefficient (Wildman–Crippen LogP) is 6.63. The minimum absolute atomic E-state index is 0.547. The van der Waals surface area contributed by atoms with E-state index in [0.717, 1.165) is 16.4 Å². The Morgan fingerprint density at radius 2 is 1.50 bits per heavy atom. The van der Waals surface area contributed by atoms with E-state index in [1.54, 1.807) is 75.9 Å². The molecule has 24 heavy (non-hydrogen) atoms. The molecule has 0 amide bonds. The highest BCUT2D eigenvalue weighted by Gasteiger charge is 2.29. The second-order valence-electron chi connectivity index (χ2n) is 4.13. The standard InChI is InChI=1S/C14H12N2S8/c15-3-1-5-19-11-12(20-6-2-4-16)24-14(23-11)13-21-9(7-17)10(8-18)22-13/h7,18H,1-2,5-6,8H2. The highest BCUT2D eigenvalue weighted by Crippen LogP contribution is 2.63. The Morgan fingerprint density at radius 1 is 0.958 bits per heavy atom. The minimum Gasteiger partial charge on any atom is -0.198 e. The van der Waals surface area contributed by atoms with Crippen molar-refractivity contribution in [3.8, 4) is 12.1 Å². The molecule has 0 spiro atoms. The zero-order valence-corrected chi connectivity index (χ0v) is 18.9. The van der Waals surface area contributed by atoms with Crippen LogP contribution in [0, 0.1) is 22.7 Å². The highest BCUT2D eigenvalue weighted by molar-refractivity contribution is 8.42. The first-order valence-corrected chi connectivity index (χ1v) is 13.1. The third kappa shape index (κ3) is 5.88. The summed E-state index contributed by atoms with van der Waals surface area (Å²) in [7, 11) is 0. The fourth-order valence-corrected chi connectivity index (χ4v) is 10.7. The summed E-state index contributed by atoms with van der Waals surface area (Å²) >= 11 is 20.0. The van der Waals surface area contributed by atoms with Crippen LogP contribution in [0.15, 0.2) is 26.8 Å². The van der Waals surface area contributed by atoms with E-state index in [1.807, 2.05) is 0 Å². The first-order chi connectivity index (χ1) is 11.7. The van der Waals surface area contributed by atoms with Crippen molar-refractivity contribution in [1.29, 1.82) is 10.5 Å². The van der Waals surface area contributed by atoms with Crippen molar-refractivity contribution in [3.05, 3.63) is 26.8 Å². The van der Waals surface area contributed by atoms with E-state index in [1.165, 1.54) is 21.9 Å². The monoisotopic (exact) mass is 464 g/mol. The lowest BCUT2D eigenvalue weighted by atomic mass is 10.6. The first kappa shape index (κ1) is 21.0. The molecule has 0 unspecified atom stereocenters. The van der Waals surface area contributed by atoms with Crippen LogP contribution in [0.3, 0.4) is 0 Å². The molecule has 0 saturated carbocycles. The molecule has 10 heteroatoms. The van der Waals surface area contributed by atoms with Crippen molar-refractivity contribution >= 4 is 101 Å². The quantitative estimate of drug-likeness (QED) is 0.242. The summed E-state index contributed by atoms with van der Waals surface area (Å²) in [5.74, 6) is 2.30. The van der Waals surface area contributed by atoms with E-state index in [9.17, 15) is 0 Å². The van der Waals surface area contributed by atoms with Crippen molar-refractivity contribution in [3.63, 3.8) is 0 Å². The van der Waals surface area contributed by atoms with Gasteiger partial charge >= 0.3 is 0 Å². The number of thioether (sulfide) groups is 6. The maximum Gasteiger partial charge on any atom is 0.0717 e. The van der Waals surface area contributed by atoms with Crippen LogP contribution in [-0.4, -0.2) is 22.6 Å². The van der Waals surface area contributed by atoms with E-state index in [2.05, 4.69) is 24.8 Å². The van der Waals surface area contributed by atoms with E-state index in [4.69, 9.17) is 22.7 Å².